The van der Waals surface area contributed by atoms with Crippen molar-refractivity contribution in [3.8, 4) is 0 Å². The maximum atomic E-state index is 12.6. The molecule has 0 amide bonds. The first-order chi connectivity index (χ1) is 9.54. The number of hydrogen-bond donors (Lipinski definition) is 1. The van der Waals surface area contributed by atoms with Gasteiger partial charge in [-0.1, -0.05) is 13.8 Å². The third-order valence-corrected chi connectivity index (χ3v) is 7.21. The number of hydrogen-bond acceptors (Lipinski definition) is 4. The van der Waals surface area contributed by atoms with E-state index in [-0.39, 0.29) is 0 Å². The maximum absolute atomic E-state index is 12.6. The van der Waals surface area contributed by atoms with Crippen LogP contribution >= 0.6 is 11.3 Å². The number of rotatable bonds is 5. The van der Waals surface area contributed by atoms with E-state index in [1.165, 1.54) is 11.3 Å². The van der Waals surface area contributed by atoms with Crippen molar-refractivity contribution in [1.82, 2.24) is 9.62 Å². The van der Waals surface area contributed by atoms with E-state index in [9.17, 15) is 8.42 Å². The second kappa shape index (κ2) is 7.02. The van der Waals surface area contributed by atoms with Crippen LogP contribution in [0.3, 0.4) is 0 Å². The minimum absolute atomic E-state index is 0.486. The fourth-order valence-electron chi connectivity index (χ4n) is 2.44. The Balaban J connectivity index is 2.10. The highest BCUT2D eigenvalue weighted by Crippen LogP contribution is 2.27. The SMILES string of the molecule is CCNCc1ccc(S(=O)(=O)N2CCCC(C)CC2)s1. The summed E-state index contributed by atoms with van der Waals surface area (Å²) in [6, 6.07) is 3.67. The summed E-state index contributed by atoms with van der Waals surface area (Å²) < 4.78 is 27.5. The van der Waals surface area contributed by atoms with E-state index < -0.39 is 10.0 Å². The predicted octanol–water partition coefficient (Wildman–Crippen LogP) is 2.67. The molecule has 1 aromatic rings. The van der Waals surface area contributed by atoms with E-state index in [0.29, 0.717) is 23.2 Å². The lowest BCUT2D eigenvalue weighted by molar-refractivity contribution is 0.418. The van der Waals surface area contributed by atoms with Crippen LogP contribution in [0.15, 0.2) is 16.3 Å². The zero-order chi connectivity index (χ0) is 14.6. The molecule has 0 spiro atoms. The number of nitrogens with one attached hydrogen (secondary N) is 1. The Morgan fingerprint density at radius 1 is 1.35 bits per heavy atom. The molecular weight excluding hydrogens is 292 g/mol. The third-order valence-electron chi connectivity index (χ3n) is 3.76. The van der Waals surface area contributed by atoms with Gasteiger partial charge in [-0.3, -0.25) is 0 Å². The molecule has 0 aliphatic carbocycles. The Hall–Kier alpha value is -0.430. The van der Waals surface area contributed by atoms with Crippen molar-refractivity contribution < 1.29 is 8.42 Å². The Morgan fingerprint density at radius 3 is 2.90 bits per heavy atom. The van der Waals surface area contributed by atoms with Gasteiger partial charge < -0.3 is 5.32 Å². The van der Waals surface area contributed by atoms with Crippen LogP contribution in [0.2, 0.25) is 0 Å². The molecule has 6 heteroatoms. The van der Waals surface area contributed by atoms with Crippen molar-refractivity contribution in [2.24, 2.45) is 5.92 Å². The highest BCUT2D eigenvalue weighted by Gasteiger charge is 2.27. The van der Waals surface area contributed by atoms with E-state index in [0.717, 1.165) is 37.2 Å². The molecule has 4 nitrogen and oxygen atoms in total. The van der Waals surface area contributed by atoms with Crippen molar-refractivity contribution >= 4 is 21.4 Å². The van der Waals surface area contributed by atoms with Gasteiger partial charge in [0.15, 0.2) is 0 Å². The Morgan fingerprint density at radius 2 is 2.15 bits per heavy atom. The van der Waals surface area contributed by atoms with Crippen molar-refractivity contribution in [3.63, 3.8) is 0 Å². The minimum Gasteiger partial charge on any atom is -0.312 e. The van der Waals surface area contributed by atoms with Crippen LogP contribution in [0, 0.1) is 5.92 Å². The lowest BCUT2D eigenvalue weighted by Gasteiger charge is -2.18. The van der Waals surface area contributed by atoms with Crippen LogP contribution < -0.4 is 5.32 Å². The molecule has 0 aromatic carbocycles. The molecule has 0 saturated carbocycles. The van der Waals surface area contributed by atoms with Crippen molar-refractivity contribution in [3.05, 3.63) is 17.0 Å². The van der Waals surface area contributed by atoms with E-state index in [1.54, 1.807) is 10.4 Å². The molecule has 0 radical (unpaired) electrons. The molecule has 1 saturated heterocycles. The summed E-state index contributed by atoms with van der Waals surface area (Å²) in [5.41, 5.74) is 0. The summed E-state index contributed by atoms with van der Waals surface area (Å²) in [4.78, 5) is 1.08. The third kappa shape index (κ3) is 3.81. The van der Waals surface area contributed by atoms with Crippen LogP contribution in [0.25, 0.3) is 0 Å². The zero-order valence-electron chi connectivity index (χ0n) is 12.3. The van der Waals surface area contributed by atoms with Gasteiger partial charge in [0.25, 0.3) is 10.0 Å². The Bertz CT molecular complexity index is 525. The molecule has 1 N–H and O–H groups in total. The van der Waals surface area contributed by atoms with Gasteiger partial charge in [0.2, 0.25) is 0 Å². The van der Waals surface area contributed by atoms with Gasteiger partial charge in [0.05, 0.1) is 0 Å². The zero-order valence-corrected chi connectivity index (χ0v) is 13.9. The lowest BCUT2D eigenvalue weighted by Crippen LogP contribution is -2.31. The quantitative estimate of drug-likeness (QED) is 0.908. The van der Waals surface area contributed by atoms with Crippen molar-refractivity contribution in [2.75, 3.05) is 19.6 Å². The average molecular weight is 316 g/mol. The number of sulfonamides is 1. The largest absolute Gasteiger partial charge is 0.312 e. The second-order valence-electron chi connectivity index (χ2n) is 5.44. The molecule has 1 fully saturated rings. The molecule has 2 rings (SSSR count). The van der Waals surface area contributed by atoms with E-state index in [4.69, 9.17) is 0 Å². The van der Waals surface area contributed by atoms with Gasteiger partial charge in [-0.05, 0) is 43.9 Å². The molecule has 1 aliphatic heterocycles. The topological polar surface area (TPSA) is 49.4 Å². The van der Waals surface area contributed by atoms with Crippen molar-refractivity contribution in [2.45, 2.75) is 43.9 Å². The van der Waals surface area contributed by atoms with Gasteiger partial charge in [-0.15, -0.1) is 11.3 Å². The average Bonchev–Trinajstić information content (AvgIpc) is 2.79. The molecule has 20 heavy (non-hydrogen) atoms. The van der Waals surface area contributed by atoms with Gasteiger partial charge in [0, 0.05) is 24.5 Å². The van der Waals surface area contributed by atoms with E-state index in [1.807, 2.05) is 13.0 Å². The van der Waals surface area contributed by atoms with E-state index in [2.05, 4.69) is 12.2 Å². The monoisotopic (exact) mass is 316 g/mol. The minimum atomic E-state index is -3.29. The highest BCUT2D eigenvalue weighted by atomic mass is 32.2. The summed E-state index contributed by atoms with van der Waals surface area (Å²) in [5, 5.41) is 3.23. The van der Waals surface area contributed by atoms with Crippen LogP contribution in [0.5, 0.6) is 0 Å². The highest BCUT2D eigenvalue weighted by molar-refractivity contribution is 7.91. The van der Waals surface area contributed by atoms with E-state index >= 15 is 0 Å². The molecule has 1 aromatic heterocycles. The van der Waals surface area contributed by atoms with Crippen molar-refractivity contribution in [1.29, 1.82) is 0 Å². The first-order valence-electron chi connectivity index (χ1n) is 7.33. The first-order valence-corrected chi connectivity index (χ1v) is 9.59. The first kappa shape index (κ1) is 15.9. The molecule has 2 heterocycles. The molecule has 114 valence electrons. The fraction of sp³-hybridized carbons (Fsp3) is 0.714. The van der Waals surface area contributed by atoms with Crippen LogP contribution in [0.1, 0.15) is 38.0 Å². The summed E-state index contributed by atoms with van der Waals surface area (Å²) >= 11 is 1.39. The Labute approximate surface area is 126 Å². The van der Waals surface area contributed by atoms with Gasteiger partial charge in [-0.25, -0.2) is 8.42 Å². The number of nitrogens with zero attached hydrogens (tertiary/aromatic N) is 1. The van der Waals surface area contributed by atoms with Gasteiger partial charge in [-0.2, -0.15) is 4.31 Å². The maximum Gasteiger partial charge on any atom is 0.252 e. The number of thiophene rings is 1. The van der Waals surface area contributed by atoms with Crippen LogP contribution in [-0.4, -0.2) is 32.4 Å². The summed E-state index contributed by atoms with van der Waals surface area (Å²) in [5.74, 6) is 0.628. The van der Waals surface area contributed by atoms with Gasteiger partial charge >= 0.3 is 0 Å². The summed E-state index contributed by atoms with van der Waals surface area (Å²) in [6.45, 7) is 7.20. The normalized spacial score (nSPS) is 21.8. The second-order valence-corrected chi connectivity index (χ2v) is 8.77. The molecule has 0 bridgehead atoms. The summed E-state index contributed by atoms with van der Waals surface area (Å²) in [7, 11) is -3.29. The lowest BCUT2D eigenvalue weighted by atomic mass is 10.0. The van der Waals surface area contributed by atoms with Crippen LogP contribution in [0.4, 0.5) is 0 Å². The molecule has 1 aliphatic rings. The summed E-state index contributed by atoms with van der Waals surface area (Å²) in [6.07, 6.45) is 3.06. The Kier molecular flexibility index (Phi) is 5.60. The predicted molar refractivity (Wildman–Crippen MR) is 83.5 cm³/mol. The molecular formula is C14H24N2O2S2. The standard InChI is InChI=1S/C14H24N2O2S2/c1-3-15-11-13-6-7-14(19-13)20(17,18)16-9-4-5-12(2)8-10-16/h6-7,12,15H,3-5,8-11H2,1-2H3. The van der Waals surface area contributed by atoms with Crippen LogP contribution in [-0.2, 0) is 16.6 Å². The fourth-order valence-corrected chi connectivity index (χ4v) is 5.42. The molecule has 1 atom stereocenters. The smallest absolute Gasteiger partial charge is 0.252 e. The van der Waals surface area contributed by atoms with Gasteiger partial charge in [0.1, 0.15) is 4.21 Å². The molecule has 1 unspecified atom stereocenters.